The summed E-state index contributed by atoms with van der Waals surface area (Å²) in [5.74, 6) is -2.52. The number of Topliss-reactive ketones (excluding diaryl/α,β-unsaturated/α-hetero) is 1. The van der Waals surface area contributed by atoms with Crippen LogP contribution in [0.15, 0.2) is 94.9 Å². The number of fused-ring (bicyclic) bond motifs is 1. The first kappa shape index (κ1) is 18.7. The summed E-state index contributed by atoms with van der Waals surface area (Å²) in [6.45, 7) is 0. The molecule has 6 nitrogen and oxygen atoms in total. The van der Waals surface area contributed by atoms with E-state index in [-0.39, 0.29) is 11.3 Å². The molecule has 0 bridgehead atoms. The van der Waals surface area contributed by atoms with Gasteiger partial charge in [0.1, 0.15) is 11.4 Å². The largest absolute Gasteiger partial charge is 0.503 e. The van der Waals surface area contributed by atoms with Gasteiger partial charge in [0.25, 0.3) is 5.91 Å². The standard InChI is InChI=1S/C24H15FN2O4/c25-16-7-9-17(10-8-16)27-21(15-5-3-11-26-13-15)20(23(29)24(27)30)22(28)19-12-14-4-1-2-6-18(14)31-19/h1-13,21,29H. The fourth-order valence-electron chi connectivity index (χ4n) is 3.78. The zero-order valence-electron chi connectivity index (χ0n) is 16.0. The number of amides is 1. The van der Waals surface area contributed by atoms with Crippen LogP contribution in [0.4, 0.5) is 10.1 Å². The number of pyridine rings is 1. The van der Waals surface area contributed by atoms with Crippen LogP contribution in [0.25, 0.3) is 11.0 Å². The lowest BCUT2D eigenvalue weighted by molar-refractivity contribution is -0.117. The molecule has 1 unspecified atom stereocenters. The quantitative estimate of drug-likeness (QED) is 0.487. The van der Waals surface area contributed by atoms with Gasteiger partial charge in [0.05, 0.1) is 11.6 Å². The average Bonchev–Trinajstić information content (AvgIpc) is 3.34. The predicted molar refractivity (Wildman–Crippen MR) is 111 cm³/mol. The molecular weight excluding hydrogens is 399 g/mol. The van der Waals surface area contributed by atoms with E-state index in [0.717, 1.165) is 5.39 Å². The zero-order valence-corrected chi connectivity index (χ0v) is 16.0. The first-order valence-corrected chi connectivity index (χ1v) is 9.50. The molecule has 0 aliphatic carbocycles. The number of nitrogens with zero attached hydrogens (tertiary/aromatic N) is 2. The molecule has 0 fully saturated rings. The first-order valence-electron chi connectivity index (χ1n) is 9.50. The Kier molecular flexibility index (Phi) is 4.36. The van der Waals surface area contributed by atoms with Crippen LogP contribution in [-0.4, -0.2) is 21.8 Å². The summed E-state index contributed by atoms with van der Waals surface area (Å²) >= 11 is 0. The summed E-state index contributed by atoms with van der Waals surface area (Å²) in [4.78, 5) is 31.8. The average molecular weight is 414 g/mol. The molecule has 31 heavy (non-hydrogen) atoms. The number of para-hydroxylation sites is 1. The number of ketones is 1. The molecular formula is C24H15FN2O4. The van der Waals surface area contributed by atoms with E-state index in [4.69, 9.17) is 4.42 Å². The minimum absolute atomic E-state index is 0.00500. The topological polar surface area (TPSA) is 83.6 Å². The van der Waals surface area contributed by atoms with Crippen LogP contribution in [0.3, 0.4) is 0 Å². The molecule has 5 rings (SSSR count). The molecule has 2 aromatic heterocycles. The van der Waals surface area contributed by atoms with E-state index in [1.807, 2.05) is 6.07 Å². The van der Waals surface area contributed by atoms with Gasteiger partial charge in [0.15, 0.2) is 11.5 Å². The van der Waals surface area contributed by atoms with Crippen molar-refractivity contribution in [1.29, 1.82) is 0 Å². The minimum atomic E-state index is -0.952. The molecule has 1 aliphatic heterocycles. The molecule has 1 amide bonds. The van der Waals surface area contributed by atoms with Crippen molar-refractivity contribution in [2.24, 2.45) is 0 Å². The maximum atomic E-state index is 13.5. The molecule has 1 N–H and O–H groups in total. The van der Waals surface area contributed by atoms with Crippen molar-refractivity contribution in [3.8, 4) is 0 Å². The summed E-state index contributed by atoms with van der Waals surface area (Å²) in [6, 6.07) is 16.4. The highest BCUT2D eigenvalue weighted by Gasteiger charge is 2.45. The van der Waals surface area contributed by atoms with Crippen molar-refractivity contribution in [2.75, 3.05) is 4.90 Å². The van der Waals surface area contributed by atoms with Crippen LogP contribution in [0.5, 0.6) is 0 Å². The molecule has 3 heterocycles. The highest BCUT2D eigenvalue weighted by atomic mass is 19.1. The van der Waals surface area contributed by atoms with E-state index in [1.165, 1.54) is 35.4 Å². The second kappa shape index (κ2) is 7.21. The monoisotopic (exact) mass is 414 g/mol. The zero-order chi connectivity index (χ0) is 21.5. The lowest BCUT2D eigenvalue weighted by Gasteiger charge is -2.26. The van der Waals surface area contributed by atoms with Crippen molar-refractivity contribution in [3.63, 3.8) is 0 Å². The Labute approximate surface area is 175 Å². The lowest BCUT2D eigenvalue weighted by Crippen LogP contribution is -2.31. The Balaban J connectivity index is 1.65. The van der Waals surface area contributed by atoms with Crippen molar-refractivity contribution in [1.82, 2.24) is 4.98 Å². The summed E-state index contributed by atoms with van der Waals surface area (Å²) in [7, 11) is 0. The fourth-order valence-corrected chi connectivity index (χ4v) is 3.78. The number of carbonyl (C=O) groups excluding carboxylic acids is 2. The van der Waals surface area contributed by atoms with Crippen LogP contribution < -0.4 is 4.90 Å². The number of benzene rings is 2. The van der Waals surface area contributed by atoms with E-state index in [9.17, 15) is 19.1 Å². The molecule has 1 atom stereocenters. The third-order valence-electron chi connectivity index (χ3n) is 5.21. The molecule has 0 saturated carbocycles. The van der Waals surface area contributed by atoms with E-state index in [2.05, 4.69) is 4.98 Å². The fraction of sp³-hybridized carbons (Fsp3) is 0.0417. The van der Waals surface area contributed by atoms with Crippen LogP contribution >= 0.6 is 0 Å². The Morgan fingerprint density at radius 3 is 2.55 bits per heavy atom. The number of aromatic nitrogens is 1. The Morgan fingerprint density at radius 2 is 1.84 bits per heavy atom. The number of hydrogen-bond donors (Lipinski definition) is 1. The SMILES string of the molecule is O=C(C1=C(O)C(=O)N(c2ccc(F)cc2)C1c1cccnc1)c1cc2ccccc2o1. The van der Waals surface area contributed by atoms with E-state index >= 15 is 0 Å². The Hall–Kier alpha value is -4.26. The molecule has 1 aliphatic rings. The number of anilines is 1. The highest BCUT2D eigenvalue weighted by Crippen LogP contribution is 2.42. The van der Waals surface area contributed by atoms with E-state index < -0.39 is 29.3 Å². The molecule has 2 aromatic carbocycles. The first-order chi connectivity index (χ1) is 15.0. The summed E-state index contributed by atoms with van der Waals surface area (Å²) in [5, 5.41) is 11.4. The van der Waals surface area contributed by atoms with Crippen molar-refractivity contribution in [3.05, 3.63) is 108 Å². The highest BCUT2D eigenvalue weighted by molar-refractivity contribution is 6.20. The van der Waals surface area contributed by atoms with Gasteiger partial charge in [0.2, 0.25) is 5.78 Å². The van der Waals surface area contributed by atoms with Gasteiger partial charge in [-0.1, -0.05) is 24.3 Å². The summed E-state index contributed by atoms with van der Waals surface area (Å²) in [6.07, 6.45) is 3.08. The van der Waals surface area contributed by atoms with Gasteiger partial charge < -0.3 is 9.52 Å². The number of hydrogen-bond acceptors (Lipinski definition) is 5. The van der Waals surface area contributed by atoms with E-state index in [1.54, 1.807) is 42.6 Å². The maximum absolute atomic E-state index is 13.5. The molecule has 0 saturated heterocycles. The molecule has 4 aromatic rings. The summed E-state index contributed by atoms with van der Waals surface area (Å²) in [5.41, 5.74) is 1.24. The minimum Gasteiger partial charge on any atom is -0.503 e. The second-order valence-corrected chi connectivity index (χ2v) is 7.08. The van der Waals surface area contributed by atoms with Gasteiger partial charge in [0, 0.05) is 23.5 Å². The van der Waals surface area contributed by atoms with Crippen molar-refractivity contribution >= 4 is 28.3 Å². The number of furan rings is 1. The van der Waals surface area contributed by atoms with Crippen LogP contribution in [0.1, 0.15) is 22.2 Å². The van der Waals surface area contributed by atoms with Gasteiger partial charge >= 0.3 is 0 Å². The predicted octanol–water partition coefficient (Wildman–Crippen LogP) is 4.75. The van der Waals surface area contributed by atoms with Crippen molar-refractivity contribution in [2.45, 2.75) is 6.04 Å². The number of carbonyl (C=O) groups is 2. The number of halogens is 1. The number of aliphatic hydroxyl groups excluding tert-OH is 1. The third kappa shape index (κ3) is 3.07. The smallest absolute Gasteiger partial charge is 0.294 e. The second-order valence-electron chi connectivity index (χ2n) is 7.08. The van der Waals surface area contributed by atoms with Gasteiger partial charge in [-0.05, 0) is 48.0 Å². The van der Waals surface area contributed by atoms with Gasteiger partial charge in [-0.15, -0.1) is 0 Å². The number of rotatable bonds is 4. The van der Waals surface area contributed by atoms with Gasteiger partial charge in [-0.2, -0.15) is 0 Å². The summed E-state index contributed by atoms with van der Waals surface area (Å²) < 4.78 is 19.1. The van der Waals surface area contributed by atoms with E-state index in [0.29, 0.717) is 16.8 Å². The maximum Gasteiger partial charge on any atom is 0.294 e. The van der Waals surface area contributed by atoms with Gasteiger partial charge in [-0.3, -0.25) is 19.5 Å². The number of aliphatic hydroxyl groups is 1. The third-order valence-corrected chi connectivity index (χ3v) is 5.21. The molecule has 152 valence electrons. The van der Waals surface area contributed by atoms with Crippen molar-refractivity contribution < 1.29 is 23.5 Å². The Bertz CT molecular complexity index is 1310. The normalized spacial score (nSPS) is 16.4. The van der Waals surface area contributed by atoms with Crippen LogP contribution in [0.2, 0.25) is 0 Å². The lowest BCUT2D eigenvalue weighted by atomic mass is 9.96. The van der Waals surface area contributed by atoms with Crippen LogP contribution in [-0.2, 0) is 4.79 Å². The van der Waals surface area contributed by atoms with Gasteiger partial charge in [-0.25, -0.2) is 4.39 Å². The van der Waals surface area contributed by atoms with Crippen LogP contribution in [0, 0.1) is 5.82 Å². The molecule has 0 spiro atoms. The Morgan fingerprint density at radius 1 is 1.06 bits per heavy atom. The molecule has 0 radical (unpaired) electrons. The molecule has 7 heteroatoms.